The Labute approximate surface area is 136 Å². The summed E-state index contributed by atoms with van der Waals surface area (Å²) in [4.78, 5) is 13.9. The number of amides is 1. The molecule has 0 aromatic heterocycles. The number of carbonyl (C=O) groups excluding carboxylic acids is 1. The Morgan fingerprint density at radius 2 is 2.23 bits per heavy atom. The van der Waals surface area contributed by atoms with E-state index < -0.39 is 0 Å². The quantitative estimate of drug-likeness (QED) is 0.839. The van der Waals surface area contributed by atoms with E-state index in [2.05, 4.69) is 13.0 Å². The summed E-state index contributed by atoms with van der Waals surface area (Å²) in [6.45, 7) is 4.97. The molecule has 1 amide bonds. The fourth-order valence-electron chi connectivity index (χ4n) is 2.81. The van der Waals surface area contributed by atoms with E-state index in [1.54, 1.807) is 11.0 Å². The number of hydrogen-bond donors (Lipinski definition) is 1. The summed E-state index contributed by atoms with van der Waals surface area (Å²) in [6.07, 6.45) is 4.54. The zero-order valence-corrected chi connectivity index (χ0v) is 13.9. The average molecular weight is 323 g/mol. The molecule has 0 spiro atoms. The molecular formula is C17H23ClN2O2. The van der Waals surface area contributed by atoms with Crippen LogP contribution in [-0.2, 0) is 4.74 Å². The van der Waals surface area contributed by atoms with Crippen LogP contribution in [-0.4, -0.2) is 30.2 Å². The maximum atomic E-state index is 12.1. The van der Waals surface area contributed by atoms with Crippen LogP contribution in [0.25, 0.3) is 5.57 Å². The van der Waals surface area contributed by atoms with E-state index in [1.807, 2.05) is 19.1 Å². The fourth-order valence-corrected chi connectivity index (χ4v) is 2.98. The van der Waals surface area contributed by atoms with Crippen LogP contribution in [0.5, 0.6) is 0 Å². The summed E-state index contributed by atoms with van der Waals surface area (Å²) in [5.41, 5.74) is 8.92. The summed E-state index contributed by atoms with van der Waals surface area (Å²) in [5.74, 6) is 0. The highest BCUT2D eigenvalue weighted by Crippen LogP contribution is 2.32. The zero-order chi connectivity index (χ0) is 16.1. The van der Waals surface area contributed by atoms with Gasteiger partial charge in [-0.3, -0.25) is 0 Å². The molecule has 1 aliphatic rings. The van der Waals surface area contributed by atoms with E-state index in [1.165, 1.54) is 0 Å². The topological polar surface area (TPSA) is 55.6 Å². The minimum atomic E-state index is -0.240. The van der Waals surface area contributed by atoms with Gasteiger partial charge in [-0.15, -0.1) is 0 Å². The van der Waals surface area contributed by atoms with E-state index in [0.717, 1.165) is 36.1 Å². The van der Waals surface area contributed by atoms with Crippen molar-refractivity contribution in [2.45, 2.75) is 39.2 Å². The molecule has 4 nitrogen and oxygen atoms in total. The summed E-state index contributed by atoms with van der Waals surface area (Å²) < 4.78 is 5.15. The van der Waals surface area contributed by atoms with Crippen molar-refractivity contribution in [3.63, 3.8) is 0 Å². The number of anilines is 1. The Kier molecular flexibility index (Phi) is 5.72. The van der Waals surface area contributed by atoms with Gasteiger partial charge in [-0.05, 0) is 43.5 Å². The van der Waals surface area contributed by atoms with Gasteiger partial charge in [0.15, 0.2) is 0 Å². The lowest BCUT2D eigenvalue weighted by atomic mass is 9.93. The molecule has 0 fully saturated rings. The number of rotatable bonds is 4. The molecule has 2 N–H and O–H groups in total. The number of nitrogens with zero attached hydrogens (tertiary/aromatic N) is 1. The highest BCUT2D eigenvalue weighted by molar-refractivity contribution is 6.30. The number of benzene rings is 1. The maximum absolute atomic E-state index is 12.1. The fraction of sp³-hybridized carbons (Fsp3) is 0.471. The van der Waals surface area contributed by atoms with Gasteiger partial charge in [-0.1, -0.05) is 31.0 Å². The Balaban J connectivity index is 2.29. The Hall–Kier alpha value is -1.68. The first-order chi connectivity index (χ1) is 10.6. The predicted octanol–water partition coefficient (Wildman–Crippen LogP) is 4.34. The van der Waals surface area contributed by atoms with E-state index in [0.29, 0.717) is 18.2 Å². The Morgan fingerprint density at radius 3 is 2.91 bits per heavy atom. The highest BCUT2D eigenvalue weighted by Gasteiger charge is 2.27. The van der Waals surface area contributed by atoms with Crippen LogP contribution < -0.4 is 5.73 Å². The first-order valence-electron chi connectivity index (χ1n) is 7.76. The number of hydrogen-bond acceptors (Lipinski definition) is 3. The highest BCUT2D eigenvalue weighted by atomic mass is 35.5. The van der Waals surface area contributed by atoms with Crippen molar-refractivity contribution in [1.29, 1.82) is 0 Å². The number of halogens is 1. The van der Waals surface area contributed by atoms with Crippen molar-refractivity contribution in [3.8, 4) is 0 Å². The van der Waals surface area contributed by atoms with Crippen LogP contribution >= 0.6 is 11.6 Å². The minimum Gasteiger partial charge on any atom is -0.450 e. The molecular weight excluding hydrogens is 300 g/mol. The molecule has 1 unspecified atom stereocenters. The van der Waals surface area contributed by atoms with Crippen LogP contribution in [0.3, 0.4) is 0 Å². The lowest BCUT2D eigenvalue weighted by molar-refractivity contribution is 0.0953. The van der Waals surface area contributed by atoms with Crippen molar-refractivity contribution >= 4 is 29.0 Å². The molecule has 1 atom stereocenters. The average Bonchev–Trinajstić information content (AvgIpc) is 2.50. The third-order valence-electron chi connectivity index (χ3n) is 3.86. The molecule has 0 bridgehead atoms. The van der Waals surface area contributed by atoms with Gasteiger partial charge in [0.2, 0.25) is 0 Å². The van der Waals surface area contributed by atoms with Crippen molar-refractivity contribution in [2.24, 2.45) is 0 Å². The molecule has 0 saturated carbocycles. The van der Waals surface area contributed by atoms with E-state index in [4.69, 9.17) is 22.1 Å². The number of nitrogen functional groups attached to an aromatic ring is 1. The second kappa shape index (κ2) is 7.54. The Morgan fingerprint density at radius 1 is 1.45 bits per heavy atom. The van der Waals surface area contributed by atoms with Gasteiger partial charge >= 0.3 is 6.09 Å². The smallest absolute Gasteiger partial charge is 0.410 e. The molecule has 22 heavy (non-hydrogen) atoms. The van der Waals surface area contributed by atoms with Gasteiger partial charge in [-0.25, -0.2) is 4.79 Å². The van der Waals surface area contributed by atoms with Gasteiger partial charge in [0.25, 0.3) is 0 Å². The molecule has 120 valence electrons. The van der Waals surface area contributed by atoms with Crippen LogP contribution in [0.2, 0.25) is 5.02 Å². The monoisotopic (exact) mass is 322 g/mol. The molecule has 0 aliphatic carbocycles. The molecule has 5 heteroatoms. The SMILES string of the molecule is CCCC1C=C(c2cc(Cl)ccc2N)CCN1C(=O)OCC. The lowest BCUT2D eigenvalue weighted by Gasteiger charge is -2.34. The summed E-state index contributed by atoms with van der Waals surface area (Å²) in [7, 11) is 0. The Bertz CT molecular complexity index is 572. The second-order valence-electron chi connectivity index (χ2n) is 5.42. The first kappa shape index (κ1) is 16.7. The zero-order valence-electron chi connectivity index (χ0n) is 13.1. The number of carbonyl (C=O) groups is 1. The van der Waals surface area contributed by atoms with Gasteiger partial charge in [0.05, 0.1) is 12.6 Å². The largest absolute Gasteiger partial charge is 0.450 e. The maximum Gasteiger partial charge on any atom is 0.410 e. The van der Waals surface area contributed by atoms with Gasteiger partial charge < -0.3 is 15.4 Å². The summed E-state index contributed by atoms with van der Waals surface area (Å²) in [5, 5.41) is 0.671. The van der Waals surface area contributed by atoms with Crippen molar-refractivity contribution < 1.29 is 9.53 Å². The van der Waals surface area contributed by atoms with E-state index in [9.17, 15) is 4.79 Å². The lowest BCUT2D eigenvalue weighted by Crippen LogP contribution is -2.42. The molecule has 1 aromatic carbocycles. The van der Waals surface area contributed by atoms with Crippen LogP contribution in [0.15, 0.2) is 24.3 Å². The van der Waals surface area contributed by atoms with Crippen LogP contribution in [0, 0.1) is 0 Å². The van der Waals surface area contributed by atoms with E-state index in [-0.39, 0.29) is 12.1 Å². The van der Waals surface area contributed by atoms with Crippen molar-refractivity contribution in [2.75, 3.05) is 18.9 Å². The third-order valence-corrected chi connectivity index (χ3v) is 4.10. The molecule has 1 aliphatic heterocycles. The molecule has 1 aromatic rings. The summed E-state index contributed by atoms with van der Waals surface area (Å²) in [6, 6.07) is 5.56. The predicted molar refractivity (Wildman–Crippen MR) is 90.9 cm³/mol. The second-order valence-corrected chi connectivity index (χ2v) is 5.86. The molecule has 0 saturated heterocycles. The first-order valence-corrected chi connectivity index (χ1v) is 8.14. The molecule has 1 heterocycles. The van der Waals surface area contributed by atoms with Gasteiger partial charge in [0, 0.05) is 22.8 Å². The molecule has 2 rings (SSSR count). The third kappa shape index (κ3) is 3.74. The van der Waals surface area contributed by atoms with Crippen LogP contribution in [0.1, 0.15) is 38.7 Å². The van der Waals surface area contributed by atoms with Gasteiger partial charge in [0.1, 0.15) is 0 Å². The number of nitrogens with two attached hydrogens (primary N) is 1. The standard InChI is InChI=1S/C17H23ClN2O2/c1-3-5-14-10-12(8-9-20(14)17(21)22-4-2)15-11-13(18)6-7-16(15)19/h6-7,10-11,14H,3-5,8-9,19H2,1-2H3. The summed E-state index contributed by atoms with van der Waals surface area (Å²) >= 11 is 6.09. The van der Waals surface area contributed by atoms with E-state index >= 15 is 0 Å². The van der Waals surface area contributed by atoms with Crippen LogP contribution in [0.4, 0.5) is 10.5 Å². The van der Waals surface area contributed by atoms with Crippen molar-refractivity contribution in [1.82, 2.24) is 4.90 Å². The normalized spacial score (nSPS) is 18.0. The van der Waals surface area contributed by atoms with Crippen molar-refractivity contribution in [3.05, 3.63) is 34.9 Å². The number of ether oxygens (including phenoxy) is 1. The van der Waals surface area contributed by atoms with Gasteiger partial charge in [-0.2, -0.15) is 0 Å². The molecule has 0 radical (unpaired) electrons. The minimum absolute atomic E-state index is 0.0474.